The van der Waals surface area contributed by atoms with Crippen LogP contribution in [-0.2, 0) is 4.79 Å². The van der Waals surface area contributed by atoms with Crippen molar-refractivity contribution in [1.29, 1.82) is 0 Å². The van der Waals surface area contributed by atoms with E-state index in [1.165, 1.54) is 4.90 Å². The fourth-order valence-electron chi connectivity index (χ4n) is 1.63. The van der Waals surface area contributed by atoms with Gasteiger partial charge in [-0.1, -0.05) is 13.3 Å². The van der Waals surface area contributed by atoms with Crippen LogP contribution in [-0.4, -0.2) is 35.7 Å². The lowest BCUT2D eigenvalue weighted by Crippen LogP contribution is -2.40. The largest absolute Gasteiger partial charge is 0.481 e. The fourth-order valence-corrected chi connectivity index (χ4v) is 1.63. The number of nitrogens with one attached hydrogen (secondary N) is 1. The van der Waals surface area contributed by atoms with Crippen LogP contribution in [0.3, 0.4) is 0 Å². The molecule has 0 saturated heterocycles. The summed E-state index contributed by atoms with van der Waals surface area (Å²) in [7, 11) is 1.64. The van der Waals surface area contributed by atoms with Gasteiger partial charge >= 0.3 is 12.0 Å². The van der Waals surface area contributed by atoms with Crippen molar-refractivity contribution >= 4 is 17.7 Å². The first-order chi connectivity index (χ1) is 9.04. The van der Waals surface area contributed by atoms with Crippen LogP contribution in [0.4, 0.5) is 10.5 Å². The minimum Gasteiger partial charge on any atom is -0.481 e. The van der Waals surface area contributed by atoms with E-state index in [0.29, 0.717) is 18.7 Å². The highest BCUT2D eigenvalue weighted by atomic mass is 16.4. The third-order valence-electron chi connectivity index (χ3n) is 2.92. The van der Waals surface area contributed by atoms with E-state index in [4.69, 9.17) is 5.11 Å². The molecule has 6 nitrogen and oxygen atoms in total. The highest BCUT2D eigenvalue weighted by Gasteiger charge is 2.15. The summed E-state index contributed by atoms with van der Waals surface area (Å²) in [5.74, 6) is -0.898. The number of rotatable bonds is 6. The van der Waals surface area contributed by atoms with Gasteiger partial charge in [-0.25, -0.2) is 4.79 Å². The first kappa shape index (κ1) is 14.9. The Hall–Kier alpha value is -2.11. The second-order valence-corrected chi connectivity index (χ2v) is 4.33. The highest BCUT2D eigenvalue weighted by Crippen LogP contribution is 2.10. The van der Waals surface area contributed by atoms with E-state index in [0.717, 1.165) is 0 Å². The molecule has 1 aromatic heterocycles. The number of pyridine rings is 1. The van der Waals surface area contributed by atoms with Crippen molar-refractivity contribution in [2.24, 2.45) is 5.92 Å². The molecule has 0 aliphatic rings. The topological polar surface area (TPSA) is 82.5 Å². The van der Waals surface area contributed by atoms with E-state index in [2.05, 4.69) is 10.3 Å². The summed E-state index contributed by atoms with van der Waals surface area (Å²) < 4.78 is 0. The molecule has 0 fully saturated rings. The van der Waals surface area contributed by atoms with Crippen molar-refractivity contribution in [3.8, 4) is 0 Å². The molecule has 0 bridgehead atoms. The van der Waals surface area contributed by atoms with Gasteiger partial charge in [0, 0.05) is 26.2 Å². The van der Waals surface area contributed by atoms with Crippen molar-refractivity contribution in [3.63, 3.8) is 0 Å². The van der Waals surface area contributed by atoms with E-state index in [9.17, 15) is 9.59 Å². The van der Waals surface area contributed by atoms with Crippen molar-refractivity contribution in [2.45, 2.75) is 19.8 Å². The molecule has 0 spiro atoms. The number of amides is 2. The molecule has 1 atom stereocenters. The molecule has 0 radical (unpaired) electrons. The minimum absolute atomic E-state index is 0.0521. The Morgan fingerprint density at radius 1 is 1.53 bits per heavy atom. The molecule has 0 aliphatic heterocycles. The van der Waals surface area contributed by atoms with Gasteiger partial charge in [0.2, 0.25) is 0 Å². The van der Waals surface area contributed by atoms with Crippen LogP contribution in [0.1, 0.15) is 19.8 Å². The smallest absolute Gasteiger partial charge is 0.321 e. The zero-order valence-corrected chi connectivity index (χ0v) is 11.2. The maximum absolute atomic E-state index is 11.9. The van der Waals surface area contributed by atoms with Gasteiger partial charge < -0.3 is 10.4 Å². The Kier molecular flexibility index (Phi) is 5.78. The zero-order chi connectivity index (χ0) is 14.3. The molecule has 6 heteroatoms. The number of hydrogen-bond donors (Lipinski definition) is 2. The van der Waals surface area contributed by atoms with Crippen LogP contribution in [0, 0.1) is 5.92 Å². The summed E-state index contributed by atoms with van der Waals surface area (Å²) in [4.78, 5) is 27.9. The number of urea groups is 1. The molecule has 0 aromatic carbocycles. The van der Waals surface area contributed by atoms with Gasteiger partial charge in [-0.05, 0) is 18.1 Å². The summed E-state index contributed by atoms with van der Waals surface area (Å²) >= 11 is 0. The predicted molar refractivity (Wildman–Crippen MR) is 72.1 cm³/mol. The summed E-state index contributed by atoms with van der Waals surface area (Å²) in [5.41, 5.74) is 0.686. The normalized spacial score (nSPS) is 11.7. The van der Waals surface area contributed by atoms with Crippen molar-refractivity contribution in [2.75, 3.05) is 18.5 Å². The predicted octanol–water partition coefficient (Wildman–Crippen LogP) is 1.73. The number of aromatic nitrogens is 1. The van der Waals surface area contributed by atoms with Crippen LogP contribution in [0.5, 0.6) is 0 Å². The van der Waals surface area contributed by atoms with E-state index in [1.807, 2.05) is 6.92 Å². The van der Waals surface area contributed by atoms with Crippen LogP contribution in [0.25, 0.3) is 0 Å². The Bertz CT molecular complexity index is 422. The lowest BCUT2D eigenvalue weighted by atomic mass is 10.0. The maximum atomic E-state index is 11.9. The van der Waals surface area contributed by atoms with E-state index in [1.54, 1.807) is 31.6 Å². The van der Waals surface area contributed by atoms with Gasteiger partial charge in [0.25, 0.3) is 0 Å². The van der Waals surface area contributed by atoms with Gasteiger partial charge in [-0.3, -0.25) is 14.7 Å². The van der Waals surface area contributed by atoms with Gasteiger partial charge in [-0.15, -0.1) is 0 Å². The molecule has 1 unspecified atom stereocenters. The van der Waals surface area contributed by atoms with E-state index >= 15 is 0 Å². The van der Waals surface area contributed by atoms with Crippen molar-refractivity contribution in [1.82, 2.24) is 10.3 Å². The molecule has 1 aromatic rings. The fraction of sp³-hybridized carbons (Fsp3) is 0.462. The third kappa shape index (κ3) is 4.95. The minimum atomic E-state index is -0.846. The van der Waals surface area contributed by atoms with Gasteiger partial charge in [-0.2, -0.15) is 0 Å². The SMILES string of the molecule is CCC(CNC(=O)N(C)c1cccnc1)CC(=O)O. The average Bonchev–Trinajstić information content (AvgIpc) is 2.42. The van der Waals surface area contributed by atoms with E-state index < -0.39 is 5.97 Å². The van der Waals surface area contributed by atoms with Crippen LogP contribution < -0.4 is 10.2 Å². The summed E-state index contributed by atoms with van der Waals surface area (Å²) in [5, 5.41) is 11.5. The summed E-state index contributed by atoms with van der Waals surface area (Å²) in [6.45, 7) is 2.26. The zero-order valence-electron chi connectivity index (χ0n) is 11.2. The first-order valence-electron chi connectivity index (χ1n) is 6.18. The number of hydrogen-bond acceptors (Lipinski definition) is 3. The number of aliphatic carboxylic acids is 1. The molecular weight excluding hydrogens is 246 g/mol. The second kappa shape index (κ2) is 7.35. The van der Waals surface area contributed by atoms with Crippen LogP contribution in [0.2, 0.25) is 0 Å². The van der Waals surface area contributed by atoms with Gasteiger partial charge in [0.05, 0.1) is 11.9 Å². The average molecular weight is 265 g/mol. The van der Waals surface area contributed by atoms with Crippen molar-refractivity contribution < 1.29 is 14.7 Å². The number of anilines is 1. The van der Waals surface area contributed by atoms with Crippen LogP contribution >= 0.6 is 0 Å². The summed E-state index contributed by atoms with van der Waals surface area (Å²) in [6.07, 6.45) is 4.00. The number of carboxylic acids is 1. The molecule has 104 valence electrons. The quantitative estimate of drug-likeness (QED) is 0.820. The highest BCUT2D eigenvalue weighted by molar-refractivity contribution is 5.91. The van der Waals surface area contributed by atoms with E-state index in [-0.39, 0.29) is 18.4 Å². The maximum Gasteiger partial charge on any atom is 0.321 e. The van der Waals surface area contributed by atoms with Crippen LogP contribution in [0.15, 0.2) is 24.5 Å². The third-order valence-corrected chi connectivity index (χ3v) is 2.92. The number of carbonyl (C=O) groups is 2. The number of nitrogens with zero attached hydrogens (tertiary/aromatic N) is 2. The standard InChI is InChI=1S/C13H19N3O3/c1-3-10(7-12(17)18)8-15-13(19)16(2)11-5-4-6-14-9-11/h4-6,9-10H,3,7-8H2,1-2H3,(H,15,19)(H,17,18). The number of carbonyl (C=O) groups excluding carboxylic acids is 1. The first-order valence-corrected chi connectivity index (χ1v) is 6.18. The van der Waals surface area contributed by atoms with Gasteiger partial charge in [0.1, 0.15) is 0 Å². The number of carboxylic acid groups (broad SMARTS) is 1. The Morgan fingerprint density at radius 3 is 2.79 bits per heavy atom. The molecule has 1 rings (SSSR count). The Morgan fingerprint density at radius 2 is 2.26 bits per heavy atom. The monoisotopic (exact) mass is 265 g/mol. The van der Waals surface area contributed by atoms with Crippen molar-refractivity contribution in [3.05, 3.63) is 24.5 Å². The lowest BCUT2D eigenvalue weighted by Gasteiger charge is -2.20. The molecule has 2 N–H and O–H groups in total. The molecule has 1 heterocycles. The summed E-state index contributed by atoms with van der Waals surface area (Å²) in [6, 6.07) is 3.26. The molecular formula is C13H19N3O3. The lowest BCUT2D eigenvalue weighted by molar-refractivity contribution is -0.138. The second-order valence-electron chi connectivity index (χ2n) is 4.33. The molecule has 0 saturated carbocycles. The molecule has 0 aliphatic carbocycles. The molecule has 2 amide bonds. The Labute approximate surface area is 112 Å². The Balaban J connectivity index is 2.48. The molecule has 19 heavy (non-hydrogen) atoms. The van der Waals surface area contributed by atoms with Gasteiger partial charge in [0.15, 0.2) is 0 Å².